The summed E-state index contributed by atoms with van der Waals surface area (Å²) in [5.41, 5.74) is 3.60. The van der Waals surface area contributed by atoms with Gasteiger partial charge in [-0.2, -0.15) is 0 Å². The Morgan fingerprint density at radius 1 is 0.816 bits per heavy atom. The minimum absolute atomic E-state index is 0.207. The normalized spacial score (nSPS) is 14.1. The summed E-state index contributed by atoms with van der Waals surface area (Å²) in [5.74, 6) is 0.102. The summed E-state index contributed by atoms with van der Waals surface area (Å²) in [5, 5.41) is 11.1. The number of methoxy groups -OCH3 is 1. The van der Waals surface area contributed by atoms with E-state index >= 15 is 0 Å². The maximum Gasteiger partial charge on any atom is 0.169 e. The van der Waals surface area contributed by atoms with E-state index in [-0.39, 0.29) is 19.0 Å². The van der Waals surface area contributed by atoms with Crippen LogP contribution >= 0.6 is 0 Å². The quantitative estimate of drug-likeness (QED) is 0.199. The first-order valence-corrected chi connectivity index (χ1v) is 12.8. The third-order valence-electron chi connectivity index (χ3n) is 6.22. The second kappa shape index (κ2) is 15.8. The molecule has 0 radical (unpaired) electrons. The van der Waals surface area contributed by atoms with E-state index in [4.69, 9.17) is 18.9 Å². The summed E-state index contributed by atoms with van der Waals surface area (Å²) >= 11 is 0. The first kappa shape index (κ1) is 29.3. The standard InChI is InChI=1S/C32H38O6/c1-24(18-19-36-21-26-10-6-4-7-11-26)30(33)32(38-23-27-12-8-5-9-13-27)31(34)25(2)20-37-22-28-14-16-29(35-3)17-15-28/h4-18,25,30,32-33H,19-23H2,1-3H3/b24-18+/t25-,30-,32-/m0/s1. The average molecular weight is 519 g/mol. The summed E-state index contributed by atoms with van der Waals surface area (Å²) in [6.07, 6.45) is -0.333. The molecule has 0 fully saturated rings. The van der Waals surface area contributed by atoms with Crippen LogP contribution < -0.4 is 4.74 Å². The zero-order valence-corrected chi connectivity index (χ0v) is 22.4. The number of aliphatic hydroxyl groups is 1. The fourth-order valence-corrected chi connectivity index (χ4v) is 3.83. The topological polar surface area (TPSA) is 74.2 Å². The highest BCUT2D eigenvalue weighted by molar-refractivity contribution is 5.86. The van der Waals surface area contributed by atoms with E-state index in [1.54, 1.807) is 27.0 Å². The molecule has 3 rings (SSSR count). The third-order valence-corrected chi connectivity index (χ3v) is 6.22. The predicted molar refractivity (Wildman–Crippen MR) is 148 cm³/mol. The van der Waals surface area contributed by atoms with Gasteiger partial charge in [-0.25, -0.2) is 0 Å². The van der Waals surface area contributed by atoms with E-state index in [9.17, 15) is 9.90 Å². The van der Waals surface area contributed by atoms with Gasteiger partial charge in [0.1, 0.15) is 18.0 Å². The minimum atomic E-state index is -1.10. The Labute approximate surface area is 225 Å². The average Bonchev–Trinajstić information content (AvgIpc) is 2.96. The molecule has 0 aromatic heterocycles. The molecule has 6 nitrogen and oxygen atoms in total. The molecule has 0 spiro atoms. The molecule has 0 unspecified atom stereocenters. The van der Waals surface area contributed by atoms with Crippen LogP contribution in [-0.4, -0.2) is 43.4 Å². The lowest BCUT2D eigenvalue weighted by atomic mass is 9.95. The highest BCUT2D eigenvalue weighted by atomic mass is 16.5. The molecule has 1 N–H and O–H groups in total. The van der Waals surface area contributed by atoms with E-state index in [2.05, 4.69) is 0 Å². The zero-order valence-electron chi connectivity index (χ0n) is 22.4. The Morgan fingerprint density at radius 3 is 1.97 bits per heavy atom. The van der Waals surface area contributed by atoms with Gasteiger partial charge in [-0.05, 0) is 41.3 Å². The van der Waals surface area contributed by atoms with Crippen LogP contribution in [0, 0.1) is 5.92 Å². The van der Waals surface area contributed by atoms with Gasteiger partial charge in [0, 0.05) is 5.92 Å². The molecule has 0 aliphatic heterocycles. The zero-order chi connectivity index (χ0) is 27.2. The van der Waals surface area contributed by atoms with Crippen molar-refractivity contribution >= 4 is 5.78 Å². The molecule has 202 valence electrons. The Morgan fingerprint density at radius 2 is 1.37 bits per heavy atom. The molecule has 3 aromatic carbocycles. The number of carbonyl (C=O) groups is 1. The van der Waals surface area contributed by atoms with Gasteiger partial charge in [0.15, 0.2) is 5.78 Å². The summed E-state index contributed by atoms with van der Waals surface area (Å²) in [7, 11) is 1.62. The number of hydrogen-bond acceptors (Lipinski definition) is 6. The van der Waals surface area contributed by atoms with E-state index in [0.29, 0.717) is 25.4 Å². The maximum atomic E-state index is 13.4. The third kappa shape index (κ3) is 9.54. The fourth-order valence-electron chi connectivity index (χ4n) is 3.83. The van der Waals surface area contributed by atoms with Crippen LogP contribution in [0.2, 0.25) is 0 Å². The summed E-state index contributed by atoms with van der Waals surface area (Å²) in [6.45, 7) is 5.17. The van der Waals surface area contributed by atoms with Crippen molar-refractivity contribution in [1.29, 1.82) is 0 Å². The molecule has 3 atom stereocenters. The number of ether oxygens (including phenoxy) is 4. The second-order valence-electron chi connectivity index (χ2n) is 9.28. The first-order valence-electron chi connectivity index (χ1n) is 12.8. The van der Waals surface area contributed by atoms with E-state index in [1.807, 2.05) is 84.9 Å². The number of aliphatic hydroxyl groups excluding tert-OH is 1. The van der Waals surface area contributed by atoms with Gasteiger partial charge in [-0.1, -0.05) is 85.8 Å². The van der Waals surface area contributed by atoms with Crippen LogP contribution in [0.1, 0.15) is 30.5 Å². The summed E-state index contributed by atoms with van der Waals surface area (Å²) < 4.78 is 22.7. The minimum Gasteiger partial charge on any atom is -0.497 e. The lowest BCUT2D eigenvalue weighted by Crippen LogP contribution is -2.41. The number of rotatable bonds is 16. The van der Waals surface area contributed by atoms with Crippen LogP contribution in [0.4, 0.5) is 0 Å². The molecule has 6 heteroatoms. The van der Waals surface area contributed by atoms with Crippen molar-refractivity contribution in [2.45, 2.75) is 45.9 Å². The van der Waals surface area contributed by atoms with E-state index < -0.39 is 18.1 Å². The van der Waals surface area contributed by atoms with Crippen molar-refractivity contribution in [2.75, 3.05) is 20.3 Å². The number of carbonyl (C=O) groups excluding carboxylic acids is 1. The van der Waals surface area contributed by atoms with Crippen molar-refractivity contribution in [3.8, 4) is 5.75 Å². The van der Waals surface area contributed by atoms with E-state index in [0.717, 1.165) is 22.4 Å². The van der Waals surface area contributed by atoms with Gasteiger partial charge in [-0.3, -0.25) is 4.79 Å². The van der Waals surface area contributed by atoms with E-state index in [1.165, 1.54) is 0 Å². The van der Waals surface area contributed by atoms with Crippen LogP contribution in [0.5, 0.6) is 5.75 Å². The lowest BCUT2D eigenvalue weighted by molar-refractivity contribution is -0.143. The van der Waals surface area contributed by atoms with Gasteiger partial charge in [0.05, 0.1) is 40.1 Å². The highest BCUT2D eigenvalue weighted by Crippen LogP contribution is 2.18. The van der Waals surface area contributed by atoms with Crippen molar-refractivity contribution in [2.24, 2.45) is 5.92 Å². The molecule has 38 heavy (non-hydrogen) atoms. The Hall–Kier alpha value is -3.29. The maximum absolute atomic E-state index is 13.4. The smallest absolute Gasteiger partial charge is 0.169 e. The van der Waals surface area contributed by atoms with Crippen molar-refractivity contribution in [3.63, 3.8) is 0 Å². The predicted octanol–water partition coefficient (Wildman–Crippen LogP) is 5.53. The molecule has 0 amide bonds. The molecular weight excluding hydrogens is 480 g/mol. The van der Waals surface area contributed by atoms with Gasteiger partial charge < -0.3 is 24.1 Å². The molecule has 0 aliphatic carbocycles. The number of benzene rings is 3. The summed E-state index contributed by atoms with van der Waals surface area (Å²) in [6, 6.07) is 27.1. The van der Waals surface area contributed by atoms with Gasteiger partial charge in [0.2, 0.25) is 0 Å². The first-order chi connectivity index (χ1) is 18.5. The number of ketones is 1. The van der Waals surface area contributed by atoms with Crippen molar-refractivity contribution in [1.82, 2.24) is 0 Å². The van der Waals surface area contributed by atoms with Crippen molar-refractivity contribution in [3.05, 3.63) is 113 Å². The van der Waals surface area contributed by atoms with Gasteiger partial charge >= 0.3 is 0 Å². The van der Waals surface area contributed by atoms with Crippen LogP contribution in [0.25, 0.3) is 0 Å². The fraction of sp³-hybridized carbons (Fsp3) is 0.344. The lowest BCUT2D eigenvalue weighted by Gasteiger charge is -2.26. The van der Waals surface area contributed by atoms with Gasteiger partial charge in [-0.15, -0.1) is 0 Å². The van der Waals surface area contributed by atoms with Crippen molar-refractivity contribution < 1.29 is 28.8 Å². The van der Waals surface area contributed by atoms with Crippen LogP contribution in [0.3, 0.4) is 0 Å². The Bertz CT molecular complexity index is 1110. The summed E-state index contributed by atoms with van der Waals surface area (Å²) in [4.78, 5) is 13.4. The molecule has 0 heterocycles. The number of hydrogen-bond donors (Lipinski definition) is 1. The molecule has 0 saturated carbocycles. The molecule has 3 aromatic rings. The van der Waals surface area contributed by atoms with Gasteiger partial charge in [0.25, 0.3) is 0 Å². The number of Topliss-reactive ketones (excluding diaryl/α,β-unsaturated/α-hetero) is 1. The monoisotopic (exact) mass is 518 g/mol. The molecular formula is C32H38O6. The Kier molecular flexibility index (Phi) is 12.2. The largest absolute Gasteiger partial charge is 0.497 e. The molecule has 0 bridgehead atoms. The SMILES string of the molecule is COc1ccc(COC[C@H](C)C(=O)[C@@H](OCc2ccccc2)[C@@H](O)/C(C)=C/COCc2ccccc2)cc1. The van der Waals surface area contributed by atoms with Crippen LogP contribution in [0.15, 0.2) is 96.6 Å². The molecule has 0 saturated heterocycles. The Balaban J connectivity index is 1.59. The second-order valence-corrected chi connectivity index (χ2v) is 9.28. The molecule has 0 aliphatic rings. The van der Waals surface area contributed by atoms with Crippen LogP contribution in [-0.2, 0) is 38.8 Å². The highest BCUT2D eigenvalue weighted by Gasteiger charge is 2.32.